The molecule has 3 N–H and O–H groups in total. The van der Waals surface area contributed by atoms with E-state index in [1.165, 1.54) is 51.4 Å². The van der Waals surface area contributed by atoms with Crippen molar-refractivity contribution < 1.29 is 27.4 Å². The summed E-state index contributed by atoms with van der Waals surface area (Å²) in [5.41, 5.74) is 1.10. The molecule has 1 aliphatic rings. The zero-order chi connectivity index (χ0) is 19.0. The van der Waals surface area contributed by atoms with Crippen LogP contribution in [0.1, 0.15) is 63.9 Å². The van der Waals surface area contributed by atoms with E-state index in [0.29, 0.717) is 5.75 Å². The standard InChI is InChI=1S/C16H26O.C2H4O.H2O4S/c1-2-3-4-5-6-7-8-9-12-15-13-10-11-14-16(15)17;1-2-3-1;1-5(2,3)4/h10-11,13-14,17H,2-9,12H2,1H3;1-2H2;(H2,1,2,3,4). The molecule has 146 valence electrons. The van der Waals surface area contributed by atoms with Crippen molar-refractivity contribution in [1.29, 1.82) is 0 Å². The number of aryl methyl sites for hydroxylation is 1. The van der Waals surface area contributed by atoms with Gasteiger partial charge in [0.05, 0.1) is 13.2 Å². The van der Waals surface area contributed by atoms with E-state index in [4.69, 9.17) is 17.5 Å². The molecule has 6 nitrogen and oxygen atoms in total. The maximum absolute atomic E-state index is 9.61. The summed E-state index contributed by atoms with van der Waals surface area (Å²) < 4.78 is 36.1. The molecule has 0 aliphatic carbocycles. The second-order valence-electron chi connectivity index (χ2n) is 5.91. The SMILES string of the molecule is C1CO1.CCCCCCCCCCc1ccccc1O.O=S(=O)(O)O. The largest absolute Gasteiger partial charge is 0.508 e. The van der Waals surface area contributed by atoms with Gasteiger partial charge in [0.2, 0.25) is 0 Å². The molecule has 1 fully saturated rings. The van der Waals surface area contributed by atoms with Crippen LogP contribution < -0.4 is 0 Å². The minimum absolute atomic E-state index is 0.454. The molecular formula is C18H32O6S. The number of phenolic OH excluding ortho intramolecular Hbond substituents is 1. The molecule has 0 saturated carbocycles. The lowest BCUT2D eigenvalue weighted by atomic mass is 10.0. The van der Waals surface area contributed by atoms with E-state index in [2.05, 4.69) is 11.7 Å². The van der Waals surface area contributed by atoms with Crippen molar-refractivity contribution in [3.63, 3.8) is 0 Å². The molecule has 0 amide bonds. The number of hydrogen-bond acceptors (Lipinski definition) is 4. The van der Waals surface area contributed by atoms with E-state index in [1.807, 2.05) is 18.2 Å². The Morgan fingerprint density at radius 2 is 1.36 bits per heavy atom. The van der Waals surface area contributed by atoms with Crippen LogP contribution in [0.5, 0.6) is 5.75 Å². The van der Waals surface area contributed by atoms with Gasteiger partial charge in [-0.05, 0) is 24.5 Å². The van der Waals surface area contributed by atoms with Crippen molar-refractivity contribution >= 4 is 10.4 Å². The number of hydrogen-bond donors (Lipinski definition) is 3. The van der Waals surface area contributed by atoms with E-state index < -0.39 is 10.4 Å². The average Bonchev–Trinajstić information content (AvgIpc) is 3.39. The smallest absolute Gasteiger partial charge is 0.394 e. The first-order valence-corrected chi connectivity index (χ1v) is 10.3. The van der Waals surface area contributed by atoms with Gasteiger partial charge in [-0.15, -0.1) is 0 Å². The van der Waals surface area contributed by atoms with Gasteiger partial charge in [-0.1, -0.05) is 70.1 Å². The molecule has 0 atom stereocenters. The second-order valence-corrected chi connectivity index (χ2v) is 6.81. The second kappa shape index (κ2) is 15.1. The highest BCUT2D eigenvalue weighted by Crippen LogP contribution is 2.18. The zero-order valence-electron chi connectivity index (χ0n) is 15.1. The predicted molar refractivity (Wildman–Crippen MR) is 99.4 cm³/mol. The Hall–Kier alpha value is -1.15. The third kappa shape index (κ3) is 22.9. The molecule has 25 heavy (non-hydrogen) atoms. The van der Waals surface area contributed by atoms with Gasteiger partial charge in [0, 0.05) is 0 Å². The highest BCUT2D eigenvalue weighted by atomic mass is 32.3. The molecular weight excluding hydrogens is 344 g/mol. The molecule has 1 heterocycles. The molecule has 0 spiro atoms. The van der Waals surface area contributed by atoms with Gasteiger partial charge in [0.25, 0.3) is 0 Å². The van der Waals surface area contributed by atoms with Crippen molar-refractivity contribution in [1.82, 2.24) is 0 Å². The average molecular weight is 377 g/mol. The maximum atomic E-state index is 9.61. The first kappa shape index (κ1) is 23.9. The highest BCUT2D eigenvalue weighted by molar-refractivity contribution is 7.79. The molecule has 7 heteroatoms. The van der Waals surface area contributed by atoms with Crippen molar-refractivity contribution in [2.75, 3.05) is 13.2 Å². The third-order valence-corrected chi connectivity index (χ3v) is 3.50. The summed E-state index contributed by atoms with van der Waals surface area (Å²) in [5, 5.41) is 9.61. The minimum atomic E-state index is -4.67. The van der Waals surface area contributed by atoms with Crippen LogP contribution in [-0.2, 0) is 21.6 Å². The van der Waals surface area contributed by atoms with E-state index >= 15 is 0 Å². The van der Waals surface area contributed by atoms with Gasteiger partial charge in [0.1, 0.15) is 5.75 Å². The van der Waals surface area contributed by atoms with Crippen molar-refractivity contribution in [3.8, 4) is 5.75 Å². The minimum Gasteiger partial charge on any atom is -0.508 e. The summed E-state index contributed by atoms with van der Waals surface area (Å²) in [6.45, 7) is 4.26. The quantitative estimate of drug-likeness (QED) is 0.334. The van der Waals surface area contributed by atoms with Gasteiger partial charge in [-0.3, -0.25) is 9.11 Å². The van der Waals surface area contributed by atoms with E-state index in [9.17, 15) is 5.11 Å². The molecule has 0 unspecified atom stereocenters. The van der Waals surface area contributed by atoms with Crippen LogP contribution in [-0.4, -0.2) is 35.8 Å². The van der Waals surface area contributed by atoms with Crippen LogP contribution >= 0.6 is 0 Å². The van der Waals surface area contributed by atoms with E-state index in [-0.39, 0.29) is 0 Å². The third-order valence-electron chi connectivity index (χ3n) is 3.50. The number of rotatable bonds is 9. The molecule has 1 saturated heterocycles. The molecule has 0 radical (unpaired) electrons. The molecule has 0 aromatic heterocycles. The van der Waals surface area contributed by atoms with E-state index in [1.54, 1.807) is 6.07 Å². The number of para-hydroxylation sites is 1. The fourth-order valence-corrected chi connectivity index (χ4v) is 2.17. The summed E-state index contributed by atoms with van der Waals surface area (Å²) in [7, 11) is -4.67. The summed E-state index contributed by atoms with van der Waals surface area (Å²) in [4.78, 5) is 0. The number of epoxide rings is 1. The Kier molecular flexibility index (Phi) is 14.4. The van der Waals surface area contributed by atoms with Crippen LogP contribution in [0.2, 0.25) is 0 Å². The molecule has 2 rings (SSSR count). The summed E-state index contributed by atoms with van der Waals surface area (Å²) >= 11 is 0. The van der Waals surface area contributed by atoms with Crippen molar-refractivity contribution in [3.05, 3.63) is 29.8 Å². The zero-order valence-corrected chi connectivity index (χ0v) is 15.9. The summed E-state index contributed by atoms with van der Waals surface area (Å²) in [5.74, 6) is 0.454. The Morgan fingerprint density at radius 3 is 1.80 bits per heavy atom. The van der Waals surface area contributed by atoms with Crippen LogP contribution in [0, 0.1) is 0 Å². The molecule has 0 bridgehead atoms. The Morgan fingerprint density at radius 1 is 0.920 bits per heavy atom. The van der Waals surface area contributed by atoms with Crippen LogP contribution in [0.4, 0.5) is 0 Å². The van der Waals surface area contributed by atoms with Crippen LogP contribution in [0.25, 0.3) is 0 Å². The first-order valence-electron chi connectivity index (χ1n) is 8.89. The highest BCUT2D eigenvalue weighted by Gasteiger charge is 1.99. The van der Waals surface area contributed by atoms with Gasteiger partial charge >= 0.3 is 10.4 Å². The van der Waals surface area contributed by atoms with Crippen LogP contribution in [0.15, 0.2) is 24.3 Å². The Balaban J connectivity index is 0.000000591. The van der Waals surface area contributed by atoms with Gasteiger partial charge in [-0.25, -0.2) is 0 Å². The number of aromatic hydroxyl groups is 1. The predicted octanol–water partition coefficient (Wildman–Crippen LogP) is 4.44. The lowest BCUT2D eigenvalue weighted by Gasteiger charge is -2.04. The van der Waals surface area contributed by atoms with E-state index in [0.717, 1.165) is 25.2 Å². The van der Waals surface area contributed by atoms with Crippen molar-refractivity contribution in [2.24, 2.45) is 0 Å². The Labute approximate surface area is 151 Å². The number of phenols is 1. The van der Waals surface area contributed by atoms with Crippen molar-refractivity contribution in [2.45, 2.75) is 64.7 Å². The molecule has 1 aromatic carbocycles. The van der Waals surface area contributed by atoms with Gasteiger partial charge < -0.3 is 9.84 Å². The topological polar surface area (TPSA) is 107 Å². The van der Waals surface area contributed by atoms with Gasteiger partial charge in [0.15, 0.2) is 0 Å². The lowest BCUT2D eigenvalue weighted by Crippen LogP contribution is -1.89. The molecule has 1 aliphatic heterocycles. The normalized spacial score (nSPS) is 12.4. The lowest BCUT2D eigenvalue weighted by molar-refractivity contribution is 0.381. The number of benzene rings is 1. The van der Waals surface area contributed by atoms with Crippen LogP contribution in [0.3, 0.4) is 0 Å². The monoisotopic (exact) mass is 376 g/mol. The Bertz CT molecular complexity index is 517. The summed E-state index contributed by atoms with van der Waals surface area (Å²) in [6, 6.07) is 7.68. The number of ether oxygens (including phenoxy) is 1. The maximum Gasteiger partial charge on any atom is 0.394 e. The fourth-order valence-electron chi connectivity index (χ4n) is 2.17. The van der Waals surface area contributed by atoms with Gasteiger partial charge in [-0.2, -0.15) is 8.42 Å². The fraction of sp³-hybridized carbons (Fsp3) is 0.667. The molecule has 1 aromatic rings. The summed E-state index contributed by atoms with van der Waals surface area (Å²) in [6.07, 6.45) is 11.7. The number of unbranched alkanes of at least 4 members (excludes halogenated alkanes) is 7. The first-order chi connectivity index (χ1) is 11.8.